The van der Waals surface area contributed by atoms with E-state index in [-0.39, 0.29) is 5.91 Å². The number of carbonyl (C=O) groups excluding carboxylic acids is 1. The van der Waals surface area contributed by atoms with E-state index in [4.69, 9.17) is 0 Å². The summed E-state index contributed by atoms with van der Waals surface area (Å²) in [5.41, 5.74) is 4.80. The van der Waals surface area contributed by atoms with Gasteiger partial charge in [-0.05, 0) is 43.0 Å². The molecule has 1 aliphatic rings. The molecule has 0 saturated heterocycles. The van der Waals surface area contributed by atoms with Gasteiger partial charge in [-0.3, -0.25) is 4.79 Å². The minimum absolute atomic E-state index is 0.0339. The summed E-state index contributed by atoms with van der Waals surface area (Å²) < 4.78 is 0. The van der Waals surface area contributed by atoms with E-state index >= 15 is 0 Å². The molecule has 1 aromatic carbocycles. The van der Waals surface area contributed by atoms with Crippen LogP contribution in [0.3, 0.4) is 0 Å². The third-order valence-electron chi connectivity index (χ3n) is 2.86. The van der Waals surface area contributed by atoms with Gasteiger partial charge in [-0.2, -0.15) is 0 Å². The van der Waals surface area contributed by atoms with Gasteiger partial charge >= 0.3 is 0 Å². The monoisotopic (exact) mass is 227 g/mol. The first-order valence-corrected chi connectivity index (χ1v) is 5.90. The van der Waals surface area contributed by atoms with Gasteiger partial charge in [-0.15, -0.1) is 0 Å². The van der Waals surface area contributed by atoms with Gasteiger partial charge in [0, 0.05) is 12.6 Å². The maximum absolute atomic E-state index is 10.9. The third kappa shape index (κ3) is 3.06. The second-order valence-corrected chi connectivity index (χ2v) is 4.41. The van der Waals surface area contributed by atoms with Crippen molar-refractivity contribution in [1.29, 1.82) is 0 Å². The Balaban J connectivity index is 2.18. The molecule has 1 amide bonds. The smallest absolute Gasteiger partial charge is 0.221 e. The molecule has 0 saturated carbocycles. The topological polar surface area (TPSA) is 29.1 Å². The number of amides is 1. The van der Waals surface area contributed by atoms with Crippen molar-refractivity contribution in [2.24, 2.45) is 0 Å². The summed E-state index contributed by atoms with van der Waals surface area (Å²) in [7, 11) is 0. The number of carbonyl (C=O) groups is 1. The first-order chi connectivity index (χ1) is 8.15. The molecule has 88 valence electrons. The molecule has 0 heterocycles. The van der Waals surface area contributed by atoms with Crippen LogP contribution in [0.2, 0.25) is 0 Å². The zero-order valence-electron chi connectivity index (χ0n) is 10.3. The van der Waals surface area contributed by atoms with Crippen LogP contribution in [0.25, 0.3) is 5.57 Å². The van der Waals surface area contributed by atoms with Gasteiger partial charge in [0.1, 0.15) is 0 Å². The van der Waals surface area contributed by atoms with Gasteiger partial charge < -0.3 is 5.32 Å². The number of allylic oxidation sites excluding steroid dienone is 4. The zero-order chi connectivity index (χ0) is 12.3. The lowest BCUT2D eigenvalue weighted by Gasteiger charge is -2.12. The van der Waals surface area contributed by atoms with Gasteiger partial charge in [-0.1, -0.05) is 29.9 Å². The normalized spacial score (nSPS) is 14.9. The number of anilines is 1. The molecule has 0 spiro atoms. The molecule has 2 rings (SSSR count). The lowest BCUT2D eigenvalue weighted by atomic mass is 9.94. The summed E-state index contributed by atoms with van der Waals surface area (Å²) in [6.45, 7) is 3.65. The highest BCUT2D eigenvalue weighted by Gasteiger charge is 2.05. The van der Waals surface area contributed by atoms with Crippen LogP contribution in [0.1, 0.15) is 32.3 Å². The van der Waals surface area contributed by atoms with E-state index in [0.717, 1.165) is 18.5 Å². The minimum Gasteiger partial charge on any atom is -0.326 e. The molecule has 1 aromatic rings. The highest BCUT2D eigenvalue weighted by molar-refractivity contribution is 5.88. The van der Waals surface area contributed by atoms with Crippen molar-refractivity contribution in [3.63, 3.8) is 0 Å². The van der Waals surface area contributed by atoms with Crippen LogP contribution < -0.4 is 5.32 Å². The molecule has 0 radical (unpaired) electrons. The van der Waals surface area contributed by atoms with Crippen LogP contribution in [0, 0.1) is 0 Å². The molecule has 0 fully saturated rings. The molecule has 2 heteroatoms. The van der Waals surface area contributed by atoms with Crippen LogP contribution >= 0.6 is 0 Å². The van der Waals surface area contributed by atoms with Crippen molar-refractivity contribution < 1.29 is 4.79 Å². The molecule has 0 aliphatic heterocycles. The summed E-state index contributed by atoms with van der Waals surface area (Å²) in [4.78, 5) is 10.9. The van der Waals surface area contributed by atoms with Crippen molar-refractivity contribution in [3.05, 3.63) is 47.6 Å². The minimum atomic E-state index is -0.0339. The van der Waals surface area contributed by atoms with Crippen molar-refractivity contribution >= 4 is 17.2 Å². The highest BCUT2D eigenvalue weighted by Crippen LogP contribution is 2.27. The first kappa shape index (κ1) is 11.6. The van der Waals surface area contributed by atoms with Crippen LogP contribution in [0.5, 0.6) is 0 Å². The highest BCUT2D eigenvalue weighted by atomic mass is 16.1. The molecule has 1 N–H and O–H groups in total. The Morgan fingerprint density at radius 2 is 1.94 bits per heavy atom. The largest absolute Gasteiger partial charge is 0.326 e. The fourth-order valence-electron chi connectivity index (χ4n) is 2.06. The van der Waals surface area contributed by atoms with E-state index < -0.39 is 0 Å². The second kappa shape index (κ2) is 5.00. The van der Waals surface area contributed by atoms with Crippen LogP contribution in [-0.2, 0) is 4.79 Å². The van der Waals surface area contributed by atoms with Gasteiger partial charge in [0.25, 0.3) is 0 Å². The van der Waals surface area contributed by atoms with E-state index in [0.29, 0.717) is 0 Å². The SMILES string of the molecule is CC(=O)Nc1ccc(C2=CC(C)=CCC2)cc1. The van der Waals surface area contributed by atoms with Crippen LogP contribution in [-0.4, -0.2) is 5.91 Å². The molecule has 2 nitrogen and oxygen atoms in total. The summed E-state index contributed by atoms with van der Waals surface area (Å²) in [6.07, 6.45) is 6.70. The quantitative estimate of drug-likeness (QED) is 0.818. The summed E-state index contributed by atoms with van der Waals surface area (Å²) in [6, 6.07) is 8.03. The van der Waals surface area contributed by atoms with Crippen LogP contribution in [0.4, 0.5) is 5.69 Å². The fraction of sp³-hybridized carbons (Fsp3) is 0.267. The van der Waals surface area contributed by atoms with Gasteiger partial charge in [0.2, 0.25) is 5.91 Å². The number of nitrogens with one attached hydrogen (secondary N) is 1. The summed E-state index contributed by atoms with van der Waals surface area (Å²) >= 11 is 0. The van der Waals surface area contributed by atoms with Crippen molar-refractivity contribution in [2.45, 2.75) is 26.7 Å². The maximum atomic E-state index is 10.9. The zero-order valence-corrected chi connectivity index (χ0v) is 10.3. The van der Waals surface area contributed by atoms with Crippen molar-refractivity contribution in [2.75, 3.05) is 5.32 Å². The molecule has 0 atom stereocenters. The number of hydrogen-bond donors (Lipinski definition) is 1. The van der Waals surface area contributed by atoms with E-state index in [2.05, 4.69) is 36.5 Å². The van der Waals surface area contributed by atoms with E-state index in [9.17, 15) is 4.79 Å². The Kier molecular flexibility index (Phi) is 3.43. The molecule has 0 bridgehead atoms. The Morgan fingerprint density at radius 3 is 2.53 bits per heavy atom. The van der Waals surface area contributed by atoms with Crippen molar-refractivity contribution in [1.82, 2.24) is 0 Å². The van der Waals surface area contributed by atoms with E-state index in [1.54, 1.807) is 0 Å². The Bertz CT molecular complexity index is 480. The molecule has 1 aliphatic carbocycles. The number of benzene rings is 1. The Hall–Kier alpha value is -1.83. The van der Waals surface area contributed by atoms with Gasteiger partial charge in [0.15, 0.2) is 0 Å². The van der Waals surface area contributed by atoms with Crippen LogP contribution in [0.15, 0.2) is 42.0 Å². The molecule has 17 heavy (non-hydrogen) atoms. The summed E-state index contributed by atoms with van der Waals surface area (Å²) in [5, 5.41) is 2.77. The predicted octanol–water partition coefficient (Wildman–Crippen LogP) is 3.77. The fourth-order valence-corrected chi connectivity index (χ4v) is 2.06. The van der Waals surface area contributed by atoms with Gasteiger partial charge in [-0.25, -0.2) is 0 Å². The van der Waals surface area contributed by atoms with Gasteiger partial charge in [0.05, 0.1) is 0 Å². The molecular formula is C15H17NO. The summed E-state index contributed by atoms with van der Waals surface area (Å²) in [5.74, 6) is -0.0339. The average molecular weight is 227 g/mol. The molecule has 0 unspecified atom stereocenters. The lowest BCUT2D eigenvalue weighted by molar-refractivity contribution is -0.114. The lowest BCUT2D eigenvalue weighted by Crippen LogP contribution is -2.05. The number of rotatable bonds is 2. The number of hydrogen-bond acceptors (Lipinski definition) is 1. The molecule has 0 aromatic heterocycles. The Morgan fingerprint density at radius 1 is 1.24 bits per heavy atom. The third-order valence-corrected chi connectivity index (χ3v) is 2.86. The van der Waals surface area contributed by atoms with E-state index in [1.165, 1.54) is 23.6 Å². The maximum Gasteiger partial charge on any atom is 0.221 e. The van der Waals surface area contributed by atoms with E-state index in [1.807, 2.05) is 12.1 Å². The Labute approximate surface area is 102 Å². The second-order valence-electron chi connectivity index (χ2n) is 4.41. The predicted molar refractivity (Wildman–Crippen MR) is 71.7 cm³/mol. The standard InChI is InChI=1S/C15H17NO/c1-11-4-3-5-14(10-11)13-6-8-15(9-7-13)16-12(2)17/h4,6-10H,3,5H2,1-2H3,(H,16,17). The average Bonchev–Trinajstić information content (AvgIpc) is 2.29. The van der Waals surface area contributed by atoms with Crippen molar-refractivity contribution in [3.8, 4) is 0 Å². The first-order valence-electron chi connectivity index (χ1n) is 5.90. The molecular weight excluding hydrogens is 210 g/mol.